The zero-order valence-electron chi connectivity index (χ0n) is 11.8. The second-order valence-corrected chi connectivity index (χ2v) is 5.52. The SMILES string of the molecule is Cc1ccc(OCCCC(C)(C)C(=N)N)c(C)c1. The molecule has 0 aliphatic heterocycles. The Bertz CT molecular complexity index is 425. The molecule has 1 aromatic rings. The minimum Gasteiger partial charge on any atom is -0.493 e. The zero-order valence-corrected chi connectivity index (χ0v) is 11.8. The van der Waals surface area contributed by atoms with Gasteiger partial charge in [-0.3, -0.25) is 5.41 Å². The summed E-state index contributed by atoms with van der Waals surface area (Å²) in [5.74, 6) is 1.19. The van der Waals surface area contributed by atoms with Crippen LogP contribution in [0.1, 0.15) is 37.8 Å². The lowest BCUT2D eigenvalue weighted by atomic mass is 9.87. The lowest BCUT2D eigenvalue weighted by Gasteiger charge is -2.22. The topological polar surface area (TPSA) is 59.1 Å². The van der Waals surface area contributed by atoms with Gasteiger partial charge in [-0.25, -0.2) is 0 Å². The van der Waals surface area contributed by atoms with E-state index in [0.717, 1.165) is 18.6 Å². The summed E-state index contributed by atoms with van der Waals surface area (Å²) >= 11 is 0. The van der Waals surface area contributed by atoms with Crippen molar-refractivity contribution in [3.05, 3.63) is 29.3 Å². The number of hydrogen-bond acceptors (Lipinski definition) is 2. The van der Waals surface area contributed by atoms with Crippen molar-refractivity contribution in [3.8, 4) is 5.75 Å². The fraction of sp³-hybridized carbons (Fsp3) is 0.533. The predicted octanol–water partition coefficient (Wildman–Crippen LogP) is 3.42. The van der Waals surface area contributed by atoms with Crippen LogP contribution in [0, 0.1) is 24.7 Å². The van der Waals surface area contributed by atoms with E-state index in [-0.39, 0.29) is 11.3 Å². The minimum absolute atomic E-state index is 0.230. The summed E-state index contributed by atoms with van der Waals surface area (Å²) in [6, 6.07) is 6.19. The number of ether oxygens (including phenoxy) is 1. The van der Waals surface area contributed by atoms with Gasteiger partial charge in [-0.1, -0.05) is 31.5 Å². The fourth-order valence-corrected chi connectivity index (χ4v) is 1.79. The van der Waals surface area contributed by atoms with Crippen LogP contribution >= 0.6 is 0 Å². The number of hydrogen-bond donors (Lipinski definition) is 2. The van der Waals surface area contributed by atoms with Crippen LogP contribution in [0.3, 0.4) is 0 Å². The van der Waals surface area contributed by atoms with Gasteiger partial charge in [-0.05, 0) is 38.3 Å². The fourth-order valence-electron chi connectivity index (χ4n) is 1.79. The summed E-state index contributed by atoms with van der Waals surface area (Å²) in [5, 5.41) is 7.49. The van der Waals surface area contributed by atoms with E-state index < -0.39 is 0 Å². The van der Waals surface area contributed by atoms with Gasteiger partial charge in [0.05, 0.1) is 12.4 Å². The highest BCUT2D eigenvalue weighted by Gasteiger charge is 2.20. The van der Waals surface area contributed by atoms with Crippen LogP contribution in [0.2, 0.25) is 0 Å². The highest BCUT2D eigenvalue weighted by molar-refractivity contribution is 5.82. The molecule has 0 radical (unpaired) electrons. The number of amidine groups is 1. The van der Waals surface area contributed by atoms with Crippen LogP contribution < -0.4 is 10.5 Å². The lowest BCUT2D eigenvalue weighted by molar-refractivity contribution is 0.285. The van der Waals surface area contributed by atoms with Gasteiger partial charge in [0.15, 0.2) is 0 Å². The summed E-state index contributed by atoms with van der Waals surface area (Å²) in [6.45, 7) is 8.79. The molecule has 100 valence electrons. The number of rotatable bonds is 6. The Morgan fingerprint density at radius 1 is 1.33 bits per heavy atom. The van der Waals surface area contributed by atoms with Gasteiger partial charge in [-0.15, -0.1) is 0 Å². The van der Waals surface area contributed by atoms with E-state index in [9.17, 15) is 0 Å². The molecule has 0 unspecified atom stereocenters. The molecule has 3 N–H and O–H groups in total. The average molecular weight is 248 g/mol. The van der Waals surface area contributed by atoms with Crippen LogP contribution in [-0.2, 0) is 0 Å². The normalized spacial score (nSPS) is 11.3. The molecule has 0 atom stereocenters. The molecule has 0 bridgehead atoms. The van der Waals surface area contributed by atoms with Crippen molar-refractivity contribution < 1.29 is 4.74 Å². The van der Waals surface area contributed by atoms with E-state index in [1.54, 1.807) is 0 Å². The Balaban J connectivity index is 2.41. The molecule has 3 nitrogen and oxygen atoms in total. The highest BCUT2D eigenvalue weighted by atomic mass is 16.5. The number of aryl methyl sites for hydroxylation is 2. The van der Waals surface area contributed by atoms with E-state index in [1.807, 2.05) is 19.9 Å². The van der Waals surface area contributed by atoms with Crippen LogP contribution in [0.25, 0.3) is 0 Å². The third kappa shape index (κ3) is 4.06. The van der Waals surface area contributed by atoms with Crippen molar-refractivity contribution in [3.63, 3.8) is 0 Å². The molecule has 0 fully saturated rings. The Hall–Kier alpha value is -1.51. The second kappa shape index (κ2) is 5.89. The summed E-state index contributed by atoms with van der Waals surface area (Å²) in [6.07, 6.45) is 1.77. The molecule has 0 aromatic heterocycles. The average Bonchev–Trinajstić information content (AvgIpc) is 2.26. The van der Waals surface area contributed by atoms with Crippen molar-refractivity contribution in [2.75, 3.05) is 6.61 Å². The summed E-state index contributed by atoms with van der Waals surface area (Å²) in [5.41, 5.74) is 7.73. The van der Waals surface area contributed by atoms with E-state index in [0.29, 0.717) is 6.61 Å². The van der Waals surface area contributed by atoms with Gasteiger partial charge in [0.1, 0.15) is 5.75 Å². The summed E-state index contributed by atoms with van der Waals surface area (Å²) < 4.78 is 5.76. The zero-order chi connectivity index (χ0) is 13.8. The molecule has 1 aromatic carbocycles. The Kier molecular flexibility index (Phi) is 4.76. The van der Waals surface area contributed by atoms with E-state index in [1.165, 1.54) is 11.1 Å². The van der Waals surface area contributed by atoms with Crippen molar-refractivity contribution in [2.24, 2.45) is 11.1 Å². The molecular weight excluding hydrogens is 224 g/mol. The van der Waals surface area contributed by atoms with Gasteiger partial charge >= 0.3 is 0 Å². The first-order chi connectivity index (χ1) is 8.33. The van der Waals surface area contributed by atoms with Crippen molar-refractivity contribution in [1.29, 1.82) is 5.41 Å². The van der Waals surface area contributed by atoms with Crippen molar-refractivity contribution >= 4 is 5.84 Å². The number of nitrogens with one attached hydrogen (secondary N) is 1. The smallest absolute Gasteiger partial charge is 0.122 e. The number of benzene rings is 1. The van der Waals surface area contributed by atoms with E-state index >= 15 is 0 Å². The lowest BCUT2D eigenvalue weighted by Crippen LogP contribution is -2.31. The maximum absolute atomic E-state index is 7.49. The molecule has 0 saturated heterocycles. The van der Waals surface area contributed by atoms with Gasteiger partial charge in [0, 0.05) is 5.41 Å². The quantitative estimate of drug-likeness (QED) is 0.460. The largest absolute Gasteiger partial charge is 0.493 e. The first-order valence-corrected chi connectivity index (χ1v) is 6.37. The van der Waals surface area contributed by atoms with Gasteiger partial charge < -0.3 is 10.5 Å². The van der Waals surface area contributed by atoms with Crippen LogP contribution in [0.4, 0.5) is 0 Å². The molecule has 0 heterocycles. The molecule has 0 amide bonds. The highest BCUT2D eigenvalue weighted by Crippen LogP contribution is 2.23. The molecule has 3 heteroatoms. The van der Waals surface area contributed by atoms with Crippen molar-refractivity contribution in [2.45, 2.75) is 40.5 Å². The maximum Gasteiger partial charge on any atom is 0.122 e. The van der Waals surface area contributed by atoms with Crippen LogP contribution in [0.5, 0.6) is 5.75 Å². The molecular formula is C15H24N2O. The van der Waals surface area contributed by atoms with Crippen LogP contribution in [0.15, 0.2) is 18.2 Å². The summed E-state index contributed by atoms with van der Waals surface area (Å²) in [4.78, 5) is 0. The van der Waals surface area contributed by atoms with E-state index in [4.69, 9.17) is 15.9 Å². The Morgan fingerprint density at radius 2 is 2.00 bits per heavy atom. The molecule has 0 saturated carbocycles. The predicted molar refractivity (Wildman–Crippen MR) is 76.3 cm³/mol. The van der Waals surface area contributed by atoms with Crippen LogP contribution in [-0.4, -0.2) is 12.4 Å². The molecule has 0 aliphatic rings. The minimum atomic E-state index is -0.230. The Morgan fingerprint density at radius 3 is 2.56 bits per heavy atom. The third-order valence-electron chi connectivity index (χ3n) is 3.26. The molecule has 0 aliphatic carbocycles. The number of nitrogens with two attached hydrogens (primary N) is 1. The maximum atomic E-state index is 7.49. The standard InChI is InChI=1S/C15H24N2O/c1-11-6-7-13(12(2)10-11)18-9-5-8-15(3,4)14(16)17/h6-7,10H,5,8-9H2,1-4H3,(H3,16,17). The van der Waals surface area contributed by atoms with Gasteiger partial charge in [0.2, 0.25) is 0 Å². The monoisotopic (exact) mass is 248 g/mol. The van der Waals surface area contributed by atoms with Gasteiger partial charge in [0.25, 0.3) is 0 Å². The Labute approximate surface area is 110 Å². The second-order valence-electron chi connectivity index (χ2n) is 5.52. The molecule has 18 heavy (non-hydrogen) atoms. The summed E-state index contributed by atoms with van der Waals surface area (Å²) in [7, 11) is 0. The first-order valence-electron chi connectivity index (χ1n) is 6.37. The van der Waals surface area contributed by atoms with Gasteiger partial charge in [-0.2, -0.15) is 0 Å². The molecule has 0 spiro atoms. The van der Waals surface area contributed by atoms with Crippen molar-refractivity contribution in [1.82, 2.24) is 0 Å². The first kappa shape index (κ1) is 14.6. The molecule has 1 rings (SSSR count). The van der Waals surface area contributed by atoms with E-state index in [2.05, 4.69) is 26.0 Å². The third-order valence-corrected chi connectivity index (χ3v) is 3.26.